The number of nitrogens with zero attached hydrogens (tertiary/aromatic N) is 1. The Bertz CT molecular complexity index is 2380. The molecule has 366 valence electrons. The second-order valence-corrected chi connectivity index (χ2v) is 21.6. The highest BCUT2D eigenvalue weighted by Crippen LogP contribution is 2.57. The first-order chi connectivity index (χ1) is 33.0. The van der Waals surface area contributed by atoms with Crippen molar-refractivity contribution in [2.75, 3.05) is 20.2 Å². The molecule has 10 heteroatoms. The smallest absolute Gasteiger partial charge is 0.188 e. The molecule has 0 radical (unpaired) electrons. The first-order valence-corrected chi connectivity index (χ1v) is 26.3. The summed E-state index contributed by atoms with van der Waals surface area (Å²) < 4.78 is 26.5. The molecule has 3 aliphatic carbocycles. The summed E-state index contributed by atoms with van der Waals surface area (Å²) in [5.41, 5.74) is 13.6. The van der Waals surface area contributed by atoms with Gasteiger partial charge in [0.15, 0.2) is 17.5 Å². The van der Waals surface area contributed by atoms with Crippen molar-refractivity contribution in [3.63, 3.8) is 0 Å². The highest BCUT2D eigenvalue weighted by Gasteiger charge is 2.43. The molecule has 1 fully saturated rings. The predicted molar refractivity (Wildman–Crippen MR) is 269 cm³/mol. The number of benzene rings is 3. The Morgan fingerprint density at radius 2 is 1.75 bits per heavy atom. The molecular weight excluding hydrogens is 851 g/mol. The van der Waals surface area contributed by atoms with E-state index in [1.54, 1.807) is 7.11 Å². The number of nitrogens with one attached hydrogen (secondary N) is 1. The number of allylic oxidation sites excluding steroid dienone is 2. The van der Waals surface area contributed by atoms with E-state index in [-0.39, 0.29) is 35.7 Å². The van der Waals surface area contributed by atoms with Crippen LogP contribution in [0.1, 0.15) is 151 Å². The van der Waals surface area contributed by atoms with Gasteiger partial charge in [-0.3, -0.25) is 4.99 Å². The van der Waals surface area contributed by atoms with Crippen molar-refractivity contribution >= 4 is 5.96 Å². The zero-order valence-corrected chi connectivity index (χ0v) is 41.3. The summed E-state index contributed by atoms with van der Waals surface area (Å²) in [5.74, 6) is 8.90. The molecule has 0 aromatic heterocycles. The van der Waals surface area contributed by atoms with E-state index in [0.29, 0.717) is 73.3 Å². The zero-order chi connectivity index (χ0) is 47.5. The van der Waals surface area contributed by atoms with Crippen LogP contribution in [-0.2, 0) is 19.3 Å². The molecule has 0 spiro atoms. The summed E-state index contributed by atoms with van der Waals surface area (Å²) in [6.45, 7) is 10.3. The van der Waals surface area contributed by atoms with E-state index in [4.69, 9.17) is 24.7 Å². The van der Waals surface area contributed by atoms with Gasteiger partial charge in [0.05, 0.1) is 19.3 Å². The van der Waals surface area contributed by atoms with Crippen LogP contribution >= 0.6 is 0 Å². The first-order valence-electron chi connectivity index (χ1n) is 26.3. The van der Waals surface area contributed by atoms with Crippen molar-refractivity contribution in [3.8, 4) is 51.9 Å². The SMILES string of the molecule is CCCCCC(C)C1CC2C=CC1CC(O)CCCN=C(N)NCCC1CCCC3CC#COc4ccc(cc4OC31)C1Oc3cc(OC)c4c(c3CC1O)C2Cc1cc(O)c(CC(C)C)cc1-4. The van der Waals surface area contributed by atoms with Crippen LogP contribution in [0.5, 0.6) is 28.7 Å². The quantitative estimate of drug-likeness (QED) is 0.0846. The van der Waals surface area contributed by atoms with Crippen LogP contribution in [0, 0.1) is 53.5 Å². The normalized spacial score (nSPS) is 29.3. The number of phenols is 1. The summed E-state index contributed by atoms with van der Waals surface area (Å²) in [5, 5.41) is 39.0. The van der Waals surface area contributed by atoms with Gasteiger partial charge < -0.3 is 45.3 Å². The number of methoxy groups -OCH3 is 1. The van der Waals surface area contributed by atoms with Gasteiger partial charge in [0.2, 0.25) is 0 Å². The largest absolute Gasteiger partial charge is 0.508 e. The van der Waals surface area contributed by atoms with Crippen molar-refractivity contribution in [2.45, 2.75) is 161 Å². The van der Waals surface area contributed by atoms with Crippen molar-refractivity contribution in [3.05, 3.63) is 76.4 Å². The van der Waals surface area contributed by atoms with Crippen LogP contribution in [0.4, 0.5) is 0 Å². The number of aliphatic hydroxyl groups excluding tert-OH is 2. The molecule has 3 aromatic carbocycles. The molecule has 5 aliphatic heterocycles. The van der Waals surface area contributed by atoms with E-state index < -0.39 is 18.3 Å². The summed E-state index contributed by atoms with van der Waals surface area (Å²) in [4.78, 5) is 4.68. The van der Waals surface area contributed by atoms with Crippen LogP contribution in [0.3, 0.4) is 0 Å². The lowest BCUT2D eigenvalue weighted by Gasteiger charge is -2.43. The van der Waals surface area contributed by atoms with Crippen LogP contribution < -0.4 is 30.0 Å². The van der Waals surface area contributed by atoms with Gasteiger partial charge in [0.25, 0.3) is 0 Å². The van der Waals surface area contributed by atoms with Gasteiger partial charge in [-0.2, -0.15) is 0 Å². The predicted octanol–water partition coefficient (Wildman–Crippen LogP) is 10.7. The Labute approximate surface area is 405 Å². The van der Waals surface area contributed by atoms with Crippen molar-refractivity contribution < 1.29 is 34.3 Å². The molecule has 11 rings (SSSR count). The van der Waals surface area contributed by atoms with E-state index in [2.05, 4.69) is 68.2 Å². The van der Waals surface area contributed by atoms with Gasteiger partial charge in [-0.25, -0.2) is 0 Å². The summed E-state index contributed by atoms with van der Waals surface area (Å²) in [6.07, 6.45) is 20.3. The zero-order valence-electron chi connectivity index (χ0n) is 41.3. The van der Waals surface area contributed by atoms with Gasteiger partial charge in [0.1, 0.15) is 35.6 Å². The average molecular weight is 928 g/mol. The molecular formula is C58H77N3O7. The Kier molecular flexibility index (Phi) is 15.2. The van der Waals surface area contributed by atoms with E-state index in [9.17, 15) is 15.3 Å². The van der Waals surface area contributed by atoms with E-state index in [0.717, 1.165) is 109 Å². The standard InChI is InChI=1S/C58H77N3O7/c1-6-7-8-12-35(4)44-27-39-18-17-38(44)26-43(62)16-10-22-60-58(59)61-23-21-37-14-9-13-36-15-11-24-66-50-20-19-40(31-52(50)68-56(36)37)57-49(64)32-47-51(67-57)33-53(65-5)55-46-29-42(25-34(2)3)48(63)30-41(46)28-45(39)54(47)55/h17-20,29-31,33-39,43-45,49,56-57,62-64H,6-10,12-16,21-23,25-28,32H2,1-5H3,(H3,59,60,61). The van der Waals surface area contributed by atoms with Crippen LogP contribution in [0.15, 0.2) is 53.5 Å². The number of fused-ring (bicyclic) bond motifs is 2. The van der Waals surface area contributed by atoms with E-state index in [1.807, 2.05) is 30.3 Å². The number of guanidine groups is 1. The molecule has 1 saturated carbocycles. The first kappa shape index (κ1) is 48.2. The average Bonchev–Trinajstić information content (AvgIpc) is 3.41. The highest BCUT2D eigenvalue weighted by atomic mass is 16.5. The number of ether oxygens (including phenoxy) is 4. The molecule has 6 N–H and O–H groups in total. The minimum absolute atomic E-state index is 0.0374. The molecule has 9 bridgehead atoms. The van der Waals surface area contributed by atoms with E-state index in [1.165, 1.54) is 24.8 Å². The lowest BCUT2D eigenvalue weighted by Crippen LogP contribution is -2.41. The minimum Gasteiger partial charge on any atom is -0.508 e. The summed E-state index contributed by atoms with van der Waals surface area (Å²) in [6, 6.07) is 12.1. The second kappa shape index (κ2) is 21.4. The van der Waals surface area contributed by atoms with Gasteiger partial charge >= 0.3 is 0 Å². The monoisotopic (exact) mass is 928 g/mol. The maximum atomic E-state index is 12.4. The summed E-state index contributed by atoms with van der Waals surface area (Å²) in [7, 11) is 1.74. The number of hydrogen-bond donors (Lipinski definition) is 5. The maximum Gasteiger partial charge on any atom is 0.188 e. The third-order valence-corrected chi connectivity index (χ3v) is 16.4. The Morgan fingerprint density at radius 1 is 0.912 bits per heavy atom. The van der Waals surface area contributed by atoms with E-state index >= 15 is 0 Å². The molecule has 10 nitrogen and oxygen atoms in total. The number of hydrogen-bond acceptors (Lipinski definition) is 10. The third-order valence-electron chi connectivity index (χ3n) is 16.4. The molecule has 11 atom stereocenters. The van der Waals surface area contributed by atoms with Gasteiger partial charge in [-0.15, -0.1) is 0 Å². The molecule has 11 unspecified atom stereocenters. The molecule has 8 aliphatic rings. The highest BCUT2D eigenvalue weighted by molar-refractivity contribution is 5.84. The number of aliphatic imine (C=N–C) groups is 1. The second-order valence-electron chi connectivity index (χ2n) is 21.6. The minimum atomic E-state index is -0.848. The topological polar surface area (TPSA) is 148 Å². The number of aliphatic hydroxyl groups is 2. The third kappa shape index (κ3) is 10.4. The van der Waals surface area contributed by atoms with Crippen molar-refractivity contribution in [1.29, 1.82) is 0 Å². The molecule has 5 heterocycles. The van der Waals surface area contributed by atoms with Gasteiger partial charge in [-0.05, 0) is 151 Å². The fraction of sp³-hybridized carbons (Fsp3) is 0.603. The molecule has 68 heavy (non-hydrogen) atoms. The lowest BCUT2D eigenvalue weighted by molar-refractivity contribution is 0.0188. The molecule has 0 saturated heterocycles. The Hall–Kier alpha value is -4.85. The van der Waals surface area contributed by atoms with Crippen molar-refractivity contribution in [1.82, 2.24) is 5.32 Å². The van der Waals surface area contributed by atoms with Crippen LogP contribution in [0.2, 0.25) is 0 Å². The van der Waals surface area contributed by atoms with Gasteiger partial charge in [0, 0.05) is 49.0 Å². The fourth-order valence-corrected chi connectivity index (χ4v) is 13.0. The van der Waals surface area contributed by atoms with Gasteiger partial charge in [-0.1, -0.05) is 83.9 Å². The molecule has 0 amide bonds. The Morgan fingerprint density at radius 3 is 2.57 bits per heavy atom. The summed E-state index contributed by atoms with van der Waals surface area (Å²) >= 11 is 0. The number of unbranched alkanes of at least 4 members (excludes halogenated alkanes) is 2. The number of phenolic OH excluding ortho intramolecular Hbond substituents is 1. The van der Waals surface area contributed by atoms with Crippen molar-refractivity contribution in [2.24, 2.45) is 52.2 Å². The Balaban J connectivity index is 1.16. The van der Waals surface area contributed by atoms with Crippen LogP contribution in [0.25, 0.3) is 11.1 Å². The fourth-order valence-electron chi connectivity index (χ4n) is 13.0. The maximum absolute atomic E-state index is 12.4. The lowest BCUT2D eigenvalue weighted by atomic mass is 9.62. The van der Waals surface area contributed by atoms with Crippen LogP contribution in [-0.4, -0.2) is 59.8 Å². The molecule has 3 aromatic rings. The number of rotatable bonds is 8. The number of nitrogens with two attached hydrogens (primary N) is 1. The number of aromatic hydroxyl groups is 1.